The van der Waals surface area contributed by atoms with Crippen LogP contribution in [0.15, 0.2) is 24.3 Å². The predicted molar refractivity (Wildman–Crippen MR) is 57.5 cm³/mol. The highest BCUT2D eigenvalue weighted by molar-refractivity contribution is 5.33. The van der Waals surface area contributed by atoms with Gasteiger partial charge in [-0.1, -0.05) is 31.2 Å². The van der Waals surface area contributed by atoms with E-state index in [2.05, 4.69) is 36.5 Å². The van der Waals surface area contributed by atoms with Gasteiger partial charge in [-0.3, -0.25) is 0 Å². The molecule has 1 aliphatic heterocycles. The van der Waals surface area contributed by atoms with E-state index in [-0.39, 0.29) is 6.10 Å². The lowest BCUT2D eigenvalue weighted by Crippen LogP contribution is -2.26. The SMILES string of the molecule is CNC[C@@H]1OC[C@@H](C)c2ccccc21. The number of likely N-dealkylation sites (N-methyl/N-ethyl adjacent to an activating group) is 1. The summed E-state index contributed by atoms with van der Waals surface area (Å²) < 4.78 is 5.79. The van der Waals surface area contributed by atoms with Crippen molar-refractivity contribution in [3.8, 4) is 0 Å². The number of rotatable bonds is 2. The van der Waals surface area contributed by atoms with Crippen molar-refractivity contribution >= 4 is 0 Å². The van der Waals surface area contributed by atoms with Crippen LogP contribution in [0.2, 0.25) is 0 Å². The second kappa shape index (κ2) is 4.11. The summed E-state index contributed by atoms with van der Waals surface area (Å²) in [5.41, 5.74) is 2.79. The van der Waals surface area contributed by atoms with Crippen molar-refractivity contribution in [3.63, 3.8) is 0 Å². The van der Waals surface area contributed by atoms with Gasteiger partial charge in [0.2, 0.25) is 0 Å². The molecule has 1 heterocycles. The van der Waals surface area contributed by atoms with Gasteiger partial charge < -0.3 is 10.1 Å². The van der Waals surface area contributed by atoms with Crippen molar-refractivity contribution < 1.29 is 4.74 Å². The van der Waals surface area contributed by atoms with Crippen molar-refractivity contribution in [2.24, 2.45) is 0 Å². The molecule has 0 saturated carbocycles. The molecule has 0 fully saturated rings. The average Bonchev–Trinajstić information content (AvgIpc) is 2.23. The van der Waals surface area contributed by atoms with Crippen LogP contribution in [-0.2, 0) is 4.74 Å². The van der Waals surface area contributed by atoms with E-state index in [0.717, 1.165) is 13.2 Å². The van der Waals surface area contributed by atoms with E-state index in [4.69, 9.17) is 4.74 Å². The second-order valence-electron chi connectivity index (χ2n) is 3.91. The first-order chi connectivity index (χ1) is 6.83. The van der Waals surface area contributed by atoms with Gasteiger partial charge in [0.15, 0.2) is 0 Å². The summed E-state index contributed by atoms with van der Waals surface area (Å²) >= 11 is 0. The smallest absolute Gasteiger partial charge is 0.0952 e. The van der Waals surface area contributed by atoms with E-state index in [9.17, 15) is 0 Å². The zero-order chi connectivity index (χ0) is 9.97. The Balaban J connectivity index is 2.31. The molecule has 1 N–H and O–H groups in total. The third-order valence-electron chi connectivity index (χ3n) is 2.81. The Morgan fingerprint density at radius 2 is 2.07 bits per heavy atom. The van der Waals surface area contributed by atoms with Gasteiger partial charge in [-0.2, -0.15) is 0 Å². The van der Waals surface area contributed by atoms with Crippen molar-refractivity contribution in [3.05, 3.63) is 35.4 Å². The lowest BCUT2D eigenvalue weighted by molar-refractivity contribution is 0.0320. The van der Waals surface area contributed by atoms with Crippen molar-refractivity contribution in [1.82, 2.24) is 5.32 Å². The molecule has 76 valence electrons. The van der Waals surface area contributed by atoms with Gasteiger partial charge in [-0.15, -0.1) is 0 Å². The van der Waals surface area contributed by atoms with Gasteiger partial charge in [-0.05, 0) is 18.2 Å². The van der Waals surface area contributed by atoms with E-state index < -0.39 is 0 Å². The van der Waals surface area contributed by atoms with Gasteiger partial charge >= 0.3 is 0 Å². The fourth-order valence-electron chi connectivity index (χ4n) is 2.05. The maximum absolute atomic E-state index is 5.79. The minimum Gasteiger partial charge on any atom is -0.372 e. The summed E-state index contributed by atoms with van der Waals surface area (Å²) in [4.78, 5) is 0. The topological polar surface area (TPSA) is 21.3 Å². The average molecular weight is 191 g/mol. The molecule has 0 spiro atoms. The molecule has 2 nitrogen and oxygen atoms in total. The van der Waals surface area contributed by atoms with Crippen LogP contribution in [0.1, 0.15) is 30.1 Å². The molecule has 1 aromatic carbocycles. The third kappa shape index (κ3) is 1.68. The number of nitrogens with one attached hydrogen (secondary N) is 1. The van der Waals surface area contributed by atoms with Crippen LogP contribution in [0.25, 0.3) is 0 Å². The summed E-state index contributed by atoms with van der Waals surface area (Å²) in [5.74, 6) is 0.527. The van der Waals surface area contributed by atoms with Crippen LogP contribution < -0.4 is 5.32 Å². The first-order valence-electron chi connectivity index (χ1n) is 5.18. The molecule has 14 heavy (non-hydrogen) atoms. The molecular weight excluding hydrogens is 174 g/mol. The summed E-state index contributed by atoms with van der Waals surface area (Å²) in [6.07, 6.45) is 0.229. The molecular formula is C12H17NO. The predicted octanol–water partition coefficient (Wildman–Crippen LogP) is 2.08. The maximum Gasteiger partial charge on any atom is 0.0952 e. The van der Waals surface area contributed by atoms with Crippen LogP contribution in [0.4, 0.5) is 0 Å². The highest BCUT2D eigenvalue weighted by Gasteiger charge is 2.23. The van der Waals surface area contributed by atoms with Crippen molar-refractivity contribution in [2.75, 3.05) is 20.2 Å². The summed E-state index contributed by atoms with van der Waals surface area (Å²) in [7, 11) is 1.96. The van der Waals surface area contributed by atoms with Crippen LogP contribution in [-0.4, -0.2) is 20.2 Å². The highest BCUT2D eigenvalue weighted by Crippen LogP contribution is 2.32. The standard InChI is InChI=1S/C12H17NO/c1-9-8-14-12(7-13-2)11-6-4-3-5-10(9)11/h3-6,9,12-13H,7-8H2,1-2H3/t9-,12+/m1/s1. The molecule has 0 amide bonds. The zero-order valence-corrected chi connectivity index (χ0v) is 8.79. The lowest BCUT2D eigenvalue weighted by Gasteiger charge is -2.30. The number of ether oxygens (including phenoxy) is 1. The quantitative estimate of drug-likeness (QED) is 0.772. The Hall–Kier alpha value is -0.860. The molecule has 2 rings (SSSR count). The van der Waals surface area contributed by atoms with E-state index >= 15 is 0 Å². The number of hydrogen-bond acceptors (Lipinski definition) is 2. The molecule has 1 aromatic rings. The van der Waals surface area contributed by atoms with Gasteiger partial charge in [0.25, 0.3) is 0 Å². The molecule has 0 aromatic heterocycles. The Kier molecular flexibility index (Phi) is 2.85. The van der Waals surface area contributed by atoms with E-state index in [1.807, 2.05) is 7.05 Å². The minimum atomic E-state index is 0.229. The fraction of sp³-hybridized carbons (Fsp3) is 0.500. The van der Waals surface area contributed by atoms with Crippen LogP contribution in [0.5, 0.6) is 0 Å². The van der Waals surface area contributed by atoms with Gasteiger partial charge in [0.05, 0.1) is 12.7 Å². The summed E-state index contributed by atoms with van der Waals surface area (Å²) in [5, 5.41) is 3.17. The first kappa shape index (κ1) is 9.69. The maximum atomic E-state index is 5.79. The minimum absolute atomic E-state index is 0.229. The lowest BCUT2D eigenvalue weighted by atomic mass is 9.91. The Morgan fingerprint density at radius 3 is 2.79 bits per heavy atom. The van der Waals surface area contributed by atoms with Crippen molar-refractivity contribution in [2.45, 2.75) is 18.9 Å². The molecule has 0 saturated heterocycles. The molecule has 2 heteroatoms. The molecule has 0 aliphatic carbocycles. The third-order valence-corrected chi connectivity index (χ3v) is 2.81. The molecule has 0 radical (unpaired) electrons. The highest BCUT2D eigenvalue weighted by atomic mass is 16.5. The second-order valence-corrected chi connectivity index (χ2v) is 3.91. The van der Waals surface area contributed by atoms with Gasteiger partial charge in [-0.25, -0.2) is 0 Å². The molecule has 0 bridgehead atoms. The normalized spacial score (nSPS) is 25.9. The number of fused-ring (bicyclic) bond motifs is 1. The monoisotopic (exact) mass is 191 g/mol. The Bertz CT molecular complexity index is 311. The van der Waals surface area contributed by atoms with Crippen LogP contribution in [0.3, 0.4) is 0 Å². The van der Waals surface area contributed by atoms with E-state index in [0.29, 0.717) is 5.92 Å². The summed E-state index contributed by atoms with van der Waals surface area (Å²) in [6.45, 7) is 3.95. The number of benzene rings is 1. The fourth-order valence-corrected chi connectivity index (χ4v) is 2.05. The Labute approximate surface area is 85.3 Å². The van der Waals surface area contributed by atoms with Gasteiger partial charge in [0, 0.05) is 12.5 Å². The Morgan fingerprint density at radius 1 is 1.36 bits per heavy atom. The summed E-state index contributed by atoms with van der Waals surface area (Å²) in [6, 6.07) is 8.58. The van der Waals surface area contributed by atoms with Crippen molar-refractivity contribution in [1.29, 1.82) is 0 Å². The molecule has 2 atom stereocenters. The number of hydrogen-bond donors (Lipinski definition) is 1. The van der Waals surface area contributed by atoms with Crippen LogP contribution >= 0.6 is 0 Å². The van der Waals surface area contributed by atoms with E-state index in [1.165, 1.54) is 11.1 Å². The first-order valence-corrected chi connectivity index (χ1v) is 5.18. The van der Waals surface area contributed by atoms with Crippen LogP contribution in [0, 0.1) is 0 Å². The van der Waals surface area contributed by atoms with Gasteiger partial charge in [0.1, 0.15) is 0 Å². The largest absolute Gasteiger partial charge is 0.372 e. The molecule has 0 unspecified atom stereocenters. The molecule has 1 aliphatic rings. The zero-order valence-electron chi connectivity index (χ0n) is 8.79. The van der Waals surface area contributed by atoms with E-state index in [1.54, 1.807) is 0 Å².